The topological polar surface area (TPSA) is 39.1 Å². The van der Waals surface area contributed by atoms with Gasteiger partial charge in [-0.2, -0.15) is 0 Å². The first-order valence-electron chi connectivity index (χ1n) is 6.87. The van der Waals surface area contributed by atoms with Gasteiger partial charge in [-0.1, -0.05) is 22.9 Å². The van der Waals surface area contributed by atoms with Crippen molar-refractivity contribution in [3.63, 3.8) is 0 Å². The van der Waals surface area contributed by atoms with E-state index in [1.807, 2.05) is 30.6 Å². The van der Waals surface area contributed by atoms with Crippen LogP contribution in [-0.2, 0) is 13.1 Å². The quantitative estimate of drug-likeness (QED) is 0.751. The minimum atomic E-state index is 0.639. The molecule has 0 saturated heterocycles. The number of benzene rings is 1. The second-order valence-electron chi connectivity index (χ2n) is 4.58. The molecule has 2 rings (SSSR count). The maximum absolute atomic E-state index is 5.69. The summed E-state index contributed by atoms with van der Waals surface area (Å²) in [5.74, 6) is 0.887. The average molecular weight is 338 g/mol. The molecular formula is C15H20BrN3O. The van der Waals surface area contributed by atoms with E-state index in [0.29, 0.717) is 6.61 Å². The molecule has 1 N–H and O–H groups in total. The van der Waals surface area contributed by atoms with Crippen molar-refractivity contribution < 1.29 is 4.74 Å². The highest BCUT2D eigenvalue weighted by Crippen LogP contribution is 2.15. The number of aromatic nitrogens is 2. The Morgan fingerprint density at radius 1 is 1.30 bits per heavy atom. The molecule has 0 atom stereocenters. The SMILES string of the molecule is CCCNCc1cn(CCOc2ccc(Br)cc2)cn1. The number of hydrogen-bond donors (Lipinski definition) is 1. The Kier molecular flexibility index (Phi) is 6.08. The number of nitrogens with one attached hydrogen (secondary N) is 1. The highest BCUT2D eigenvalue weighted by molar-refractivity contribution is 9.10. The van der Waals surface area contributed by atoms with E-state index in [1.54, 1.807) is 0 Å². The molecule has 0 unspecified atom stereocenters. The number of rotatable bonds is 8. The Bertz CT molecular complexity index is 510. The largest absolute Gasteiger partial charge is 0.492 e. The Morgan fingerprint density at radius 2 is 2.10 bits per heavy atom. The second kappa shape index (κ2) is 8.07. The van der Waals surface area contributed by atoms with Gasteiger partial charge >= 0.3 is 0 Å². The molecular weight excluding hydrogens is 318 g/mol. The number of nitrogens with zero attached hydrogens (tertiary/aromatic N) is 2. The Balaban J connectivity index is 1.72. The third-order valence-electron chi connectivity index (χ3n) is 2.85. The summed E-state index contributed by atoms with van der Waals surface area (Å²) in [5, 5.41) is 3.34. The molecule has 20 heavy (non-hydrogen) atoms. The third-order valence-corrected chi connectivity index (χ3v) is 3.38. The summed E-state index contributed by atoms with van der Waals surface area (Å²) in [6.07, 6.45) is 5.06. The van der Waals surface area contributed by atoms with Gasteiger partial charge in [-0.05, 0) is 37.2 Å². The lowest BCUT2D eigenvalue weighted by molar-refractivity contribution is 0.298. The number of imidazole rings is 1. The molecule has 0 aliphatic rings. The lowest BCUT2D eigenvalue weighted by Gasteiger charge is -2.06. The predicted octanol–water partition coefficient (Wildman–Crippen LogP) is 3.22. The molecule has 0 fully saturated rings. The first-order valence-corrected chi connectivity index (χ1v) is 7.67. The lowest BCUT2D eigenvalue weighted by atomic mass is 10.3. The summed E-state index contributed by atoms with van der Waals surface area (Å²) in [7, 11) is 0. The van der Waals surface area contributed by atoms with E-state index in [9.17, 15) is 0 Å². The fourth-order valence-corrected chi connectivity index (χ4v) is 2.08. The fourth-order valence-electron chi connectivity index (χ4n) is 1.81. The summed E-state index contributed by atoms with van der Waals surface area (Å²) in [6, 6.07) is 7.87. The monoisotopic (exact) mass is 337 g/mol. The van der Waals surface area contributed by atoms with Crippen LogP contribution in [0.25, 0.3) is 0 Å². The highest BCUT2D eigenvalue weighted by Gasteiger charge is 1.99. The van der Waals surface area contributed by atoms with E-state index in [-0.39, 0.29) is 0 Å². The van der Waals surface area contributed by atoms with E-state index >= 15 is 0 Å². The lowest BCUT2D eigenvalue weighted by Crippen LogP contribution is -2.14. The van der Waals surface area contributed by atoms with Crippen LogP contribution in [0.1, 0.15) is 19.0 Å². The third kappa shape index (κ3) is 4.98. The number of hydrogen-bond acceptors (Lipinski definition) is 3. The van der Waals surface area contributed by atoms with Gasteiger partial charge in [0.25, 0.3) is 0 Å². The molecule has 0 bridgehead atoms. The first kappa shape index (κ1) is 15.1. The Hall–Kier alpha value is -1.33. The van der Waals surface area contributed by atoms with Gasteiger partial charge in [0.05, 0.1) is 18.6 Å². The zero-order valence-electron chi connectivity index (χ0n) is 11.7. The molecule has 108 valence electrons. The summed E-state index contributed by atoms with van der Waals surface area (Å²) in [6.45, 7) is 5.45. The van der Waals surface area contributed by atoms with Gasteiger partial charge in [0.15, 0.2) is 0 Å². The van der Waals surface area contributed by atoms with Gasteiger partial charge in [0.2, 0.25) is 0 Å². The summed E-state index contributed by atoms with van der Waals surface area (Å²) < 4.78 is 8.80. The van der Waals surface area contributed by atoms with Crippen molar-refractivity contribution in [2.75, 3.05) is 13.2 Å². The maximum atomic E-state index is 5.69. The van der Waals surface area contributed by atoms with Gasteiger partial charge < -0.3 is 14.6 Å². The minimum Gasteiger partial charge on any atom is -0.492 e. The van der Waals surface area contributed by atoms with Gasteiger partial charge in [-0.15, -0.1) is 0 Å². The van der Waals surface area contributed by atoms with Crippen LogP contribution in [0.2, 0.25) is 0 Å². The number of halogens is 1. The van der Waals surface area contributed by atoms with Crippen LogP contribution in [0.4, 0.5) is 0 Å². The normalized spacial score (nSPS) is 10.7. The molecule has 0 saturated carbocycles. The molecule has 1 aromatic heterocycles. The first-order chi connectivity index (χ1) is 9.78. The number of ether oxygens (including phenoxy) is 1. The van der Waals surface area contributed by atoms with Crippen LogP contribution < -0.4 is 10.1 Å². The van der Waals surface area contributed by atoms with Crippen LogP contribution in [-0.4, -0.2) is 22.7 Å². The van der Waals surface area contributed by atoms with E-state index < -0.39 is 0 Å². The molecule has 0 aliphatic heterocycles. The molecule has 0 aliphatic carbocycles. The van der Waals surface area contributed by atoms with E-state index in [1.165, 1.54) is 0 Å². The van der Waals surface area contributed by atoms with Crippen molar-refractivity contribution in [1.29, 1.82) is 0 Å². The predicted molar refractivity (Wildman–Crippen MR) is 83.9 cm³/mol. The molecule has 2 aromatic rings. The van der Waals surface area contributed by atoms with Crippen molar-refractivity contribution in [3.8, 4) is 5.75 Å². The van der Waals surface area contributed by atoms with Gasteiger partial charge in [-0.3, -0.25) is 0 Å². The van der Waals surface area contributed by atoms with Crippen molar-refractivity contribution in [3.05, 3.63) is 47.0 Å². The molecule has 1 aromatic carbocycles. The summed E-state index contributed by atoms with van der Waals surface area (Å²) in [4.78, 5) is 4.36. The maximum Gasteiger partial charge on any atom is 0.119 e. The van der Waals surface area contributed by atoms with Crippen molar-refractivity contribution in [2.24, 2.45) is 0 Å². The van der Waals surface area contributed by atoms with Crippen LogP contribution in [0.15, 0.2) is 41.3 Å². The zero-order chi connectivity index (χ0) is 14.2. The van der Waals surface area contributed by atoms with Crippen molar-refractivity contribution in [2.45, 2.75) is 26.4 Å². The standard InChI is InChI=1S/C15H20BrN3O/c1-2-7-17-10-14-11-19(12-18-14)8-9-20-15-5-3-13(16)4-6-15/h3-6,11-12,17H,2,7-10H2,1H3. The average Bonchev–Trinajstić information content (AvgIpc) is 2.89. The zero-order valence-corrected chi connectivity index (χ0v) is 13.3. The van der Waals surface area contributed by atoms with Gasteiger partial charge in [-0.25, -0.2) is 4.98 Å². The van der Waals surface area contributed by atoms with E-state index in [4.69, 9.17) is 4.74 Å². The van der Waals surface area contributed by atoms with Crippen LogP contribution in [0.5, 0.6) is 5.75 Å². The molecule has 0 spiro atoms. The molecule has 4 nitrogen and oxygen atoms in total. The van der Waals surface area contributed by atoms with Gasteiger partial charge in [0, 0.05) is 17.2 Å². The Labute approximate surface area is 128 Å². The molecule has 5 heteroatoms. The van der Waals surface area contributed by atoms with Crippen LogP contribution in [0.3, 0.4) is 0 Å². The summed E-state index contributed by atoms with van der Waals surface area (Å²) in [5.41, 5.74) is 1.07. The van der Waals surface area contributed by atoms with Gasteiger partial charge in [0.1, 0.15) is 12.4 Å². The second-order valence-corrected chi connectivity index (χ2v) is 5.50. The molecule has 0 amide bonds. The Morgan fingerprint density at radius 3 is 2.85 bits per heavy atom. The van der Waals surface area contributed by atoms with Crippen molar-refractivity contribution in [1.82, 2.24) is 14.9 Å². The van der Waals surface area contributed by atoms with E-state index in [0.717, 1.165) is 42.0 Å². The molecule has 1 heterocycles. The van der Waals surface area contributed by atoms with Crippen molar-refractivity contribution >= 4 is 15.9 Å². The summed E-state index contributed by atoms with van der Waals surface area (Å²) >= 11 is 3.40. The smallest absolute Gasteiger partial charge is 0.119 e. The molecule has 0 radical (unpaired) electrons. The van der Waals surface area contributed by atoms with E-state index in [2.05, 4.69) is 43.9 Å². The highest BCUT2D eigenvalue weighted by atomic mass is 79.9. The fraction of sp³-hybridized carbons (Fsp3) is 0.400. The van der Waals surface area contributed by atoms with Crippen LogP contribution in [0, 0.1) is 0 Å². The van der Waals surface area contributed by atoms with Crippen LogP contribution >= 0.6 is 15.9 Å². The minimum absolute atomic E-state index is 0.639.